The number of ether oxygens (including phenoxy) is 1. The zero-order chi connectivity index (χ0) is 10.6. The van der Waals surface area contributed by atoms with Crippen LogP contribution in [0.5, 0.6) is 5.75 Å². The van der Waals surface area contributed by atoms with E-state index in [2.05, 4.69) is 0 Å². The molecule has 0 aromatic heterocycles. The van der Waals surface area contributed by atoms with Gasteiger partial charge in [-0.15, -0.1) is 0 Å². The molecule has 14 heavy (non-hydrogen) atoms. The minimum Gasteiger partial charge on any atom is -0.426 e. The van der Waals surface area contributed by atoms with Crippen LogP contribution in [0.4, 0.5) is 4.39 Å². The molecule has 1 aromatic rings. The molecule has 1 aromatic carbocycles. The SMILES string of the molecule is CC(=O)Oc1ccc(F)cc1CC=O. The maximum Gasteiger partial charge on any atom is 0.308 e. The largest absolute Gasteiger partial charge is 0.426 e. The van der Waals surface area contributed by atoms with E-state index in [4.69, 9.17) is 4.74 Å². The van der Waals surface area contributed by atoms with E-state index in [0.29, 0.717) is 11.8 Å². The second kappa shape index (κ2) is 4.50. The second-order valence-electron chi connectivity index (χ2n) is 2.72. The third kappa shape index (κ3) is 2.65. The van der Waals surface area contributed by atoms with E-state index >= 15 is 0 Å². The Balaban J connectivity index is 3.01. The van der Waals surface area contributed by atoms with Gasteiger partial charge in [-0.25, -0.2) is 4.39 Å². The molecular formula is C10H9FO3. The summed E-state index contributed by atoms with van der Waals surface area (Å²) in [6.07, 6.45) is 0.655. The Hall–Kier alpha value is -1.71. The molecule has 74 valence electrons. The summed E-state index contributed by atoms with van der Waals surface area (Å²) in [5.74, 6) is -0.729. The molecule has 0 fully saturated rings. The van der Waals surface area contributed by atoms with Gasteiger partial charge in [0.1, 0.15) is 17.9 Å². The molecule has 0 N–H and O–H groups in total. The van der Waals surface area contributed by atoms with Crippen molar-refractivity contribution in [3.63, 3.8) is 0 Å². The molecular weight excluding hydrogens is 187 g/mol. The standard InChI is InChI=1S/C10H9FO3/c1-7(13)14-10-3-2-9(11)6-8(10)4-5-12/h2-3,5-6H,4H2,1H3. The van der Waals surface area contributed by atoms with E-state index in [1.807, 2.05) is 0 Å². The summed E-state index contributed by atoms with van der Waals surface area (Å²) in [5, 5.41) is 0. The number of carbonyl (C=O) groups is 2. The van der Waals surface area contributed by atoms with Crippen molar-refractivity contribution in [3.05, 3.63) is 29.6 Å². The highest BCUT2D eigenvalue weighted by Gasteiger charge is 2.06. The van der Waals surface area contributed by atoms with Crippen molar-refractivity contribution in [3.8, 4) is 5.75 Å². The van der Waals surface area contributed by atoms with Crippen LogP contribution in [-0.2, 0) is 16.0 Å². The monoisotopic (exact) mass is 196 g/mol. The van der Waals surface area contributed by atoms with Crippen LogP contribution in [0.25, 0.3) is 0 Å². The molecule has 0 heterocycles. The van der Waals surface area contributed by atoms with E-state index in [0.717, 1.165) is 0 Å². The average Bonchev–Trinajstić information content (AvgIpc) is 2.09. The molecule has 0 atom stereocenters. The van der Waals surface area contributed by atoms with Crippen molar-refractivity contribution in [1.29, 1.82) is 0 Å². The van der Waals surface area contributed by atoms with Crippen molar-refractivity contribution >= 4 is 12.3 Å². The number of aldehydes is 1. The molecule has 0 aliphatic rings. The average molecular weight is 196 g/mol. The Morgan fingerprint density at radius 1 is 1.57 bits per heavy atom. The summed E-state index contributed by atoms with van der Waals surface area (Å²) in [5.41, 5.74) is 0.371. The third-order valence-corrected chi connectivity index (χ3v) is 1.58. The highest BCUT2D eigenvalue weighted by molar-refractivity contribution is 5.70. The first-order valence-electron chi connectivity index (χ1n) is 4.04. The lowest BCUT2D eigenvalue weighted by molar-refractivity contribution is -0.132. The second-order valence-corrected chi connectivity index (χ2v) is 2.72. The summed E-state index contributed by atoms with van der Waals surface area (Å²) in [4.78, 5) is 20.9. The number of benzene rings is 1. The van der Waals surface area contributed by atoms with Gasteiger partial charge in [0.15, 0.2) is 0 Å². The summed E-state index contributed by atoms with van der Waals surface area (Å²) < 4.78 is 17.5. The van der Waals surface area contributed by atoms with Crippen LogP contribution < -0.4 is 4.74 Å². The summed E-state index contributed by atoms with van der Waals surface area (Å²) in [7, 11) is 0. The first-order chi connectivity index (χ1) is 6.63. The molecule has 0 saturated heterocycles. The molecule has 0 radical (unpaired) electrons. The normalized spacial score (nSPS) is 9.57. The Bertz CT molecular complexity index is 360. The summed E-state index contributed by atoms with van der Waals surface area (Å²) >= 11 is 0. The molecule has 4 heteroatoms. The first kappa shape index (κ1) is 10.4. The highest BCUT2D eigenvalue weighted by atomic mass is 19.1. The fourth-order valence-corrected chi connectivity index (χ4v) is 1.05. The van der Waals surface area contributed by atoms with E-state index in [9.17, 15) is 14.0 Å². The van der Waals surface area contributed by atoms with Gasteiger partial charge in [0.2, 0.25) is 0 Å². The van der Waals surface area contributed by atoms with Crippen LogP contribution in [0, 0.1) is 5.82 Å². The van der Waals surface area contributed by atoms with E-state index in [1.165, 1.54) is 25.1 Å². The Morgan fingerprint density at radius 3 is 2.86 bits per heavy atom. The summed E-state index contributed by atoms with van der Waals surface area (Å²) in [6, 6.07) is 3.68. The van der Waals surface area contributed by atoms with Crippen molar-refractivity contribution in [2.75, 3.05) is 0 Å². The smallest absolute Gasteiger partial charge is 0.308 e. The lowest BCUT2D eigenvalue weighted by Gasteiger charge is -2.05. The van der Waals surface area contributed by atoms with Crippen LogP contribution in [0.1, 0.15) is 12.5 Å². The third-order valence-electron chi connectivity index (χ3n) is 1.58. The Kier molecular flexibility index (Phi) is 3.34. The van der Waals surface area contributed by atoms with Gasteiger partial charge in [0.05, 0.1) is 0 Å². The van der Waals surface area contributed by atoms with E-state index in [-0.39, 0.29) is 12.2 Å². The fourth-order valence-electron chi connectivity index (χ4n) is 1.05. The molecule has 0 bridgehead atoms. The topological polar surface area (TPSA) is 43.4 Å². The maximum atomic E-state index is 12.8. The van der Waals surface area contributed by atoms with Crippen LogP contribution in [0.2, 0.25) is 0 Å². The van der Waals surface area contributed by atoms with Gasteiger partial charge in [-0.1, -0.05) is 0 Å². The van der Waals surface area contributed by atoms with Crippen molar-refractivity contribution in [2.45, 2.75) is 13.3 Å². The Labute approximate surface area is 80.5 Å². The Morgan fingerprint density at radius 2 is 2.29 bits per heavy atom. The van der Waals surface area contributed by atoms with Crippen molar-refractivity contribution in [1.82, 2.24) is 0 Å². The van der Waals surface area contributed by atoms with Crippen LogP contribution in [0.15, 0.2) is 18.2 Å². The number of hydrogen-bond acceptors (Lipinski definition) is 3. The van der Waals surface area contributed by atoms with Crippen molar-refractivity contribution in [2.24, 2.45) is 0 Å². The quantitative estimate of drug-likeness (QED) is 0.418. The molecule has 0 aliphatic heterocycles. The molecule has 0 unspecified atom stereocenters. The predicted molar refractivity (Wildman–Crippen MR) is 47.5 cm³/mol. The lowest BCUT2D eigenvalue weighted by atomic mass is 10.1. The van der Waals surface area contributed by atoms with Crippen LogP contribution in [-0.4, -0.2) is 12.3 Å². The minimum atomic E-state index is -0.497. The van der Waals surface area contributed by atoms with E-state index < -0.39 is 11.8 Å². The van der Waals surface area contributed by atoms with Crippen LogP contribution in [0.3, 0.4) is 0 Å². The molecule has 1 rings (SSSR count). The highest BCUT2D eigenvalue weighted by Crippen LogP contribution is 2.19. The maximum absolute atomic E-state index is 12.8. The fraction of sp³-hybridized carbons (Fsp3) is 0.200. The molecule has 0 amide bonds. The van der Waals surface area contributed by atoms with E-state index in [1.54, 1.807) is 0 Å². The first-order valence-corrected chi connectivity index (χ1v) is 4.04. The predicted octanol–water partition coefficient (Wildman–Crippen LogP) is 1.49. The number of carbonyl (C=O) groups excluding carboxylic acids is 2. The minimum absolute atomic E-state index is 0.0281. The summed E-state index contributed by atoms with van der Waals surface area (Å²) in [6.45, 7) is 1.24. The zero-order valence-electron chi connectivity index (χ0n) is 7.62. The molecule has 0 spiro atoms. The number of rotatable bonds is 3. The number of esters is 1. The molecule has 3 nitrogen and oxygen atoms in total. The van der Waals surface area contributed by atoms with Gasteiger partial charge < -0.3 is 9.53 Å². The zero-order valence-corrected chi connectivity index (χ0v) is 7.62. The number of hydrogen-bond donors (Lipinski definition) is 0. The van der Waals surface area contributed by atoms with Crippen molar-refractivity contribution < 1.29 is 18.7 Å². The lowest BCUT2D eigenvalue weighted by Crippen LogP contribution is -2.04. The number of halogens is 1. The van der Waals surface area contributed by atoms with Gasteiger partial charge in [-0.05, 0) is 18.2 Å². The van der Waals surface area contributed by atoms with Gasteiger partial charge in [0, 0.05) is 18.9 Å². The van der Waals surface area contributed by atoms with Crippen LogP contribution >= 0.6 is 0 Å². The molecule has 0 saturated carbocycles. The van der Waals surface area contributed by atoms with Gasteiger partial charge in [-0.2, -0.15) is 0 Å². The molecule has 0 aliphatic carbocycles. The van der Waals surface area contributed by atoms with Gasteiger partial charge in [0.25, 0.3) is 0 Å². The van der Waals surface area contributed by atoms with Gasteiger partial charge in [-0.3, -0.25) is 4.79 Å². The van der Waals surface area contributed by atoms with Gasteiger partial charge >= 0.3 is 5.97 Å².